The van der Waals surface area contributed by atoms with Crippen molar-refractivity contribution in [3.05, 3.63) is 17.7 Å². The van der Waals surface area contributed by atoms with Gasteiger partial charge in [-0.05, 0) is 51.3 Å². The van der Waals surface area contributed by atoms with Crippen LogP contribution in [0.25, 0.3) is 10.9 Å². The number of pyridine rings is 1. The normalized spacial score (nSPS) is 16.4. The van der Waals surface area contributed by atoms with Gasteiger partial charge in [0.25, 0.3) is 0 Å². The first kappa shape index (κ1) is 20.5. The zero-order chi connectivity index (χ0) is 20.9. The number of ether oxygens (including phenoxy) is 2. The van der Waals surface area contributed by atoms with Gasteiger partial charge >= 0.3 is 6.47 Å². The number of hydrogen-bond donors (Lipinski definition) is 1. The summed E-state index contributed by atoms with van der Waals surface area (Å²) in [6, 6.07) is 3.85. The fourth-order valence-electron chi connectivity index (χ4n) is 4.44. The lowest BCUT2D eigenvalue weighted by atomic mass is 9.99. The van der Waals surface area contributed by atoms with E-state index in [0.29, 0.717) is 31.1 Å². The second kappa shape index (κ2) is 9.38. The second-order valence-corrected chi connectivity index (χ2v) is 7.72. The molecular formula is C22H30N4O4. The van der Waals surface area contributed by atoms with Crippen molar-refractivity contribution in [3.63, 3.8) is 0 Å². The molecule has 4 rings (SSSR count). The molecule has 0 saturated carbocycles. The molecule has 8 heteroatoms. The number of nitrogens with one attached hydrogen (secondary N) is 1. The van der Waals surface area contributed by atoms with Gasteiger partial charge in [-0.2, -0.15) is 0 Å². The predicted molar refractivity (Wildman–Crippen MR) is 116 cm³/mol. The van der Waals surface area contributed by atoms with Crippen molar-refractivity contribution in [3.8, 4) is 11.5 Å². The van der Waals surface area contributed by atoms with Crippen molar-refractivity contribution in [1.29, 1.82) is 0 Å². The molecule has 8 nitrogen and oxygen atoms in total. The summed E-state index contributed by atoms with van der Waals surface area (Å²) in [7, 11) is 3.49. The maximum absolute atomic E-state index is 11.0. The van der Waals surface area contributed by atoms with Crippen LogP contribution in [0.15, 0.2) is 12.1 Å². The fourth-order valence-corrected chi connectivity index (χ4v) is 4.44. The number of carbonyl (C=O) groups excluding carboxylic acids is 1. The van der Waals surface area contributed by atoms with Crippen molar-refractivity contribution in [2.75, 3.05) is 57.3 Å². The van der Waals surface area contributed by atoms with Crippen LogP contribution in [0.2, 0.25) is 0 Å². The van der Waals surface area contributed by atoms with Crippen molar-refractivity contribution < 1.29 is 19.1 Å². The van der Waals surface area contributed by atoms with Crippen molar-refractivity contribution in [2.45, 2.75) is 32.1 Å². The number of hydroxylamine groups is 1. The zero-order valence-corrected chi connectivity index (χ0v) is 17.8. The SMILES string of the molecule is CNc1nc2cc(OCCCN3CCCC3)c(OC)cc2c2c1CCCN2OC=O. The number of fused-ring (bicyclic) bond motifs is 3. The van der Waals surface area contributed by atoms with Gasteiger partial charge in [0.15, 0.2) is 11.5 Å². The highest BCUT2D eigenvalue weighted by Crippen LogP contribution is 2.42. The molecule has 162 valence electrons. The summed E-state index contributed by atoms with van der Waals surface area (Å²) in [6.45, 7) is 5.19. The van der Waals surface area contributed by atoms with E-state index >= 15 is 0 Å². The van der Waals surface area contributed by atoms with Crippen LogP contribution in [0.1, 0.15) is 31.2 Å². The van der Waals surface area contributed by atoms with E-state index in [0.717, 1.165) is 53.8 Å². The number of likely N-dealkylation sites (tertiary alicyclic amines) is 1. The van der Waals surface area contributed by atoms with Crippen LogP contribution < -0.4 is 19.9 Å². The third-order valence-electron chi connectivity index (χ3n) is 5.86. The predicted octanol–water partition coefficient (Wildman–Crippen LogP) is 2.99. The van der Waals surface area contributed by atoms with E-state index in [-0.39, 0.29) is 0 Å². The third kappa shape index (κ3) is 4.09. The van der Waals surface area contributed by atoms with Gasteiger partial charge in [-0.25, -0.2) is 10.0 Å². The van der Waals surface area contributed by atoms with Gasteiger partial charge in [-0.3, -0.25) is 4.79 Å². The Morgan fingerprint density at radius 1 is 1.17 bits per heavy atom. The largest absolute Gasteiger partial charge is 0.493 e. The Kier molecular flexibility index (Phi) is 6.42. The zero-order valence-electron chi connectivity index (χ0n) is 17.8. The van der Waals surface area contributed by atoms with Gasteiger partial charge in [-0.1, -0.05) is 0 Å². The molecule has 1 fully saturated rings. The summed E-state index contributed by atoms with van der Waals surface area (Å²) in [4.78, 5) is 23.6. The van der Waals surface area contributed by atoms with Crippen LogP contribution in [0.5, 0.6) is 11.5 Å². The minimum absolute atomic E-state index is 0.468. The van der Waals surface area contributed by atoms with Crippen LogP contribution >= 0.6 is 0 Å². The van der Waals surface area contributed by atoms with Crippen molar-refractivity contribution in [2.24, 2.45) is 0 Å². The molecule has 1 aromatic carbocycles. The highest BCUT2D eigenvalue weighted by molar-refractivity contribution is 5.98. The molecule has 3 heterocycles. The minimum atomic E-state index is 0.468. The molecule has 0 bridgehead atoms. The molecule has 0 spiro atoms. The molecular weight excluding hydrogens is 384 g/mol. The second-order valence-electron chi connectivity index (χ2n) is 7.72. The molecule has 0 atom stereocenters. The maximum Gasteiger partial charge on any atom is 0.320 e. The van der Waals surface area contributed by atoms with Crippen molar-refractivity contribution in [1.82, 2.24) is 9.88 Å². The standard InChI is InChI=1S/C22H30N4O4/c1-23-22-16-7-5-11-26(30-15-27)21(16)17-13-19(28-2)20(14-18(17)24-22)29-12-6-10-25-8-3-4-9-25/h13-15H,3-12H2,1-2H3,(H,23,24). The number of anilines is 2. The average molecular weight is 415 g/mol. The first-order valence-electron chi connectivity index (χ1n) is 10.7. The van der Waals surface area contributed by atoms with Crippen LogP contribution in [0.4, 0.5) is 11.5 Å². The minimum Gasteiger partial charge on any atom is -0.493 e. The number of nitrogens with zero attached hydrogens (tertiary/aromatic N) is 3. The molecule has 1 aromatic heterocycles. The molecule has 0 unspecified atom stereocenters. The topological polar surface area (TPSA) is 76.2 Å². The van der Waals surface area contributed by atoms with Gasteiger partial charge in [0.1, 0.15) is 5.82 Å². The molecule has 0 amide bonds. The Morgan fingerprint density at radius 3 is 2.73 bits per heavy atom. The molecule has 30 heavy (non-hydrogen) atoms. The molecule has 1 N–H and O–H groups in total. The van der Waals surface area contributed by atoms with Crippen LogP contribution in [0, 0.1) is 0 Å². The van der Waals surface area contributed by atoms with E-state index < -0.39 is 0 Å². The van der Waals surface area contributed by atoms with Crippen LogP contribution in [0.3, 0.4) is 0 Å². The number of benzene rings is 1. The summed E-state index contributed by atoms with van der Waals surface area (Å²) < 4.78 is 11.7. The van der Waals surface area contributed by atoms with Crippen LogP contribution in [-0.4, -0.2) is 63.3 Å². The Labute approximate surface area is 177 Å². The van der Waals surface area contributed by atoms with Crippen LogP contribution in [-0.2, 0) is 16.1 Å². The van der Waals surface area contributed by atoms with Gasteiger partial charge in [0.05, 0.1) is 31.5 Å². The van der Waals surface area contributed by atoms with Gasteiger partial charge < -0.3 is 24.5 Å². The highest BCUT2D eigenvalue weighted by Gasteiger charge is 2.26. The van der Waals surface area contributed by atoms with Crippen molar-refractivity contribution >= 4 is 28.9 Å². The molecule has 2 aliphatic rings. The summed E-state index contributed by atoms with van der Waals surface area (Å²) in [6.07, 6.45) is 5.33. The van der Waals surface area contributed by atoms with E-state index in [1.807, 2.05) is 19.2 Å². The van der Waals surface area contributed by atoms with Gasteiger partial charge in [0, 0.05) is 30.6 Å². The lowest BCUT2D eigenvalue weighted by Crippen LogP contribution is -2.30. The van der Waals surface area contributed by atoms with E-state index in [1.165, 1.54) is 25.9 Å². The Bertz CT molecular complexity index is 899. The van der Waals surface area contributed by atoms with E-state index in [1.54, 1.807) is 12.2 Å². The number of methoxy groups -OCH3 is 1. The van der Waals surface area contributed by atoms with E-state index in [4.69, 9.17) is 19.3 Å². The molecule has 2 aliphatic heterocycles. The number of aromatic nitrogens is 1. The third-order valence-corrected chi connectivity index (χ3v) is 5.86. The first-order valence-corrected chi connectivity index (χ1v) is 10.7. The van der Waals surface area contributed by atoms with E-state index in [9.17, 15) is 4.79 Å². The van der Waals surface area contributed by atoms with Gasteiger partial charge in [0.2, 0.25) is 0 Å². The summed E-state index contributed by atoms with van der Waals surface area (Å²) >= 11 is 0. The number of carbonyl (C=O) groups is 1. The summed E-state index contributed by atoms with van der Waals surface area (Å²) in [5.74, 6) is 2.13. The molecule has 1 saturated heterocycles. The Hall–Kier alpha value is -2.74. The lowest BCUT2D eigenvalue weighted by molar-refractivity contribution is -0.130. The average Bonchev–Trinajstić information content (AvgIpc) is 3.29. The monoisotopic (exact) mass is 414 g/mol. The maximum atomic E-state index is 11.0. The Balaban J connectivity index is 1.63. The number of hydrogen-bond acceptors (Lipinski definition) is 8. The molecule has 0 aliphatic carbocycles. The fraction of sp³-hybridized carbons (Fsp3) is 0.545. The molecule has 2 aromatic rings. The lowest BCUT2D eigenvalue weighted by Gasteiger charge is -2.30. The Morgan fingerprint density at radius 2 is 2.00 bits per heavy atom. The highest BCUT2D eigenvalue weighted by atomic mass is 16.7. The smallest absolute Gasteiger partial charge is 0.320 e. The van der Waals surface area contributed by atoms with E-state index in [2.05, 4.69) is 10.2 Å². The van der Waals surface area contributed by atoms with Gasteiger partial charge in [-0.15, -0.1) is 0 Å². The summed E-state index contributed by atoms with van der Waals surface area (Å²) in [5.41, 5.74) is 2.68. The summed E-state index contributed by atoms with van der Waals surface area (Å²) in [5, 5.41) is 5.71. The molecule has 0 radical (unpaired) electrons. The number of rotatable bonds is 9. The quantitative estimate of drug-likeness (QED) is 0.496. The first-order chi connectivity index (χ1) is 14.7.